The van der Waals surface area contributed by atoms with Gasteiger partial charge in [-0.2, -0.15) is 0 Å². The molecular weight excluding hydrogens is 270 g/mol. The Morgan fingerprint density at radius 2 is 2.05 bits per heavy atom. The minimum atomic E-state index is 0.259. The maximum atomic E-state index is 5.62. The molecule has 6 heteroatoms. The summed E-state index contributed by atoms with van der Waals surface area (Å²) in [6.45, 7) is 1.60. The van der Waals surface area contributed by atoms with Crippen molar-refractivity contribution in [1.82, 2.24) is 9.97 Å². The van der Waals surface area contributed by atoms with Crippen LogP contribution in [0.15, 0.2) is 18.5 Å². The molecule has 112 valence electrons. The Morgan fingerprint density at radius 1 is 1.24 bits per heavy atom. The van der Waals surface area contributed by atoms with Gasteiger partial charge < -0.3 is 19.5 Å². The molecule has 1 aromatic carbocycles. The third kappa shape index (κ3) is 2.85. The summed E-state index contributed by atoms with van der Waals surface area (Å²) in [4.78, 5) is 8.61. The number of fused-ring (bicyclic) bond motifs is 1. The van der Waals surface area contributed by atoms with E-state index < -0.39 is 0 Å². The van der Waals surface area contributed by atoms with Crippen molar-refractivity contribution >= 4 is 16.7 Å². The molecule has 0 saturated carbocycles. The van der Waals surface area contributed by atoms with Crippen molar-refractivity contribution in [2.45, 2.75) is 18.9 Å². The first-order chi connectivity index (χ1) is 10.3. The lowest BCUT2D eigenvalue weighted by atomic mass is 10.2. The maximum absolute atomic E-state index is 5.62. The van der Waals surface area contributed by atoms with Crippen LogP contribution < -0.4 is 14.8 Å². The summed E-state index contributed by atoms with van der Waals surface area (Å²) in [6.07, 6.45) is 4.02. The van der Waals surface area contributed by atoms with Gasteiger partial charge in [0.05, 0.1) is 25.8 Å². The van der Waals surface area contributed by atoms with Gasteiger partial charge in [-0.05, 0) is 18.9 Å². The van der Waals surface area contributed by atoms with Gasteiger partial charge in [0, 0.05) is 24.6 Å². The van der Waals surface area contributed by atoms with E-state index in [1.165, 1.54) is 0 Å². The summed E-state index contributed by atoms with van der Waals surface area (Å²) in [6, 6.07) is 3.75. The van der Waals surface area contributed by atoms with Crippen LogP contribution in [0.5, 0.6) is 11.5 Å². The Labute approximate surface area is 123 Å². The van der Waals surface area contributed by atoms with Crippen LogP contribution in [0.1, 0.15) is 12.8 Å². The zero-order valence-corrected chi connectivity index (χ0v) is 12.3. The molecular formula is C15H19N3O3. The van der Waals surface area contributed by atoms with Gasteiger partial charge >= 0.3 is 0 Å². The van der Waals surface area contributed by atoms with Gasteiger partial charge in [0.15, 0.2) is 11.5 Å². The quantitative estimate of drug-likeness (QED) is 0.910. The third-order valence-corrected chi connectivity index (χ3v) is 3.66. The van der Waals surface area contributed by atoms with E-state index in [4.69, 9.17) is 14.2 Å². The first-order valence-corrected chi connectivity index (χ1v) is 7.04. The SMILES string of the molecule is COc1cc2ncnc(NCC3CCCO3)c2cc1OC. The van der Waals surface area contributed by atoms with Crippen molar-refractivity contribution < 1.29 is 14.2 Å². The molecule has 2 aromatic rings. The van der Waals surface area contributed by atoms with Crippen molar-refractivity contribution in [2.75, 3.05) is 32.7 Å². The standard InChI is InChI=1S/C15H19N3O3/c1-19-13-6-11-12(7-14(13)20-2)17-9-18-15(11)16-8-10-4-3-5-21-10/h6-7,9-10H,3-5,8H2,1-2H3,(H,16,17,18). The fraction of sp³-hybridized carbons (Fsp3) is 0.467. The van der Waals surface area contributed by atoms with Crippen molar-refractivity contribution in [2.24, 2.45) is 0 Å². The summed E-state index contributed by atoms with van der Waals surface area (Å²) in [5.74, 6) is 2.12. The van der Waals surface area contributed by atoms with E-state index in [1.807, 2.05) is 12.1 Å². The predicted octanol–water partition coefficient (Wildman–Crippen LogP) is 2.24. The van der Waals surface area contributed by atoms with Gasteiger partial charge in [0.2, 0.25) is 0 Å². The predicted molar refractivity (Wildman–Crippen MR) is 80.1 cm³/mol. The Bertz CT molecular complexity index is 627. The summed E-state index contributed by atoms with van der Waals surface area (Å²) < 4.78 is 16.3. The Kier molecular flexibility index (Phi) is 4.06. The molecule has 6 nitrogen and oxygen atoms in total. The van der Waals surface area contributed by atoms with E-state index in [9.17, 15) is 0 Å². The highest BCUT2D eigenvalue weighted by molar-refractivity contribution is 5.91. The normalized spacial score (nSPS) is 17.9. The molecule has 0 radical (unpaired) electrons. The first-order valence-electron chi connectivity index (χ1n) is 7.04. The van der Waals surface area contributed by atoms with Crippen LogP contribution >= 0.6 is 0 Å². The second kappa shape index (κ2) is 6.13. The average molecular weight is 289 g/mol. The van der Waals surface area contributed by atoms with Crippen molar-refractivity contribution in [3.63, 3.8) is 0 Å². The van der Waals surface area contributed by atoms with E-state index in [0.29, 0.717) is 11.5 Å². The molecule has 21 heavy (non-hydrogen) atoms. The van der Waals surface area contributed by atoms with Crippen LogP contribution in [0.25, 0.3) is 10.9 Å². The highest BCUT2D eigenvalue weighted by Gasteiger charge is 2.16. The number of nitrogens with one attached hydrogen (secondary N) is 1. The number of methoxy groups -OCH3 is 2. The minimum Gasteiger partial charge on any atom is -0.493 e. The van der Waals surface area contributed by atoms with E-state index in [-0.39, 0.29) is 6.10 Å². The molecule has 0 spiro atoms. The lowest BCUT2D eigenvalue weighted by Gasteiger charge is -2.14. The molecule has 1 atom stereocenters. The highest BCUT2D eigenvalue weighted by atomic mass is 16.5. The maximum Gasteiger partial charge on any atom is 0.162 e. The van der Waals surface area contributed by atoms with Gasteiger partial charge in [-0.15, -0.1) is 0 Å². The van der Waals surface area contributed by atoms with Crippen LogP contribution in [0.3, 0.4) is 0 Å². The number of hydrogen-bond acceptors (Lipinski definition) is 6. The zero-order chi connectivity index (χ0) is 14.7. The van der Waals surface area contributed by atoms with E-state index >= 15 is 0 Å². The average Bonchev–Trinajstić information content (AvgIpc) is 3.04. The molecule has 3 rings (SSSR count). The zero-order valence-electron chi connectivity index (χ0n) is 12.3. The number of rotatable bonds is 5. The van der Waals surface area contributed by atoms with E-state index in [1.54, 1.807) is 20.5 Å². The highest BCUT2D eigenvalue weighted by Crippen LogP contribution is 2.33. The molecule has 2 heterocycles. The van der Waals surface area contributed by atoms with Crippen LogP contribution in [-0.4, -0.2) is 43.4 Å². The number of hydrogen-bond donors (Lipinski definition) is 1. The number of ether oxygens (including phenoxy) is 3. The molecule has 1 aliphatic heterocycles. The summed E-state index contributed by atoms with van der Waals surface area (Å²) >= 11 is 0. The molecule has 1 aliphatic rings. The molecule has 1 fully saturated rings. The lowest BCUT2D eigenvalue weighted by molar-refractivity contribution is 0.120. The Morgan fingerprint density at radius 3 is 2.76 bits per heavy atom. The fourth-order valence-electron chi connectivity index (χ4n) is 2.54. The lowest BCUT2D eigenvalue weighted by Crippen LogP contribution is -2.19. The smallest absolute Gasteiger partial charge is 0.162 e. The molecule has 1 aromatic heterocycles. The van der Waals surface area contributed by atoms with Crippen LogP contribution in [0.2, 0.25) is 0 Å². The number of anilines is 1. The van der Waals surface area contributed by atoms with Crippen molar-refractivity contribution in [1.29, 1.82) is 0 Å². The van der Waals surface area contributed by atoms with Gasteiger partial charge in [-0.3, -0.25) is 0 Å². The summed E-state index contributed by atoms with van der Waals surface area (Å²) in [5.41, 5.74) is 0.817. The minimum absolute atomic E-state index is 0.259. The number of aromatic nitrogens is 2. The Balaban J connectivity index is 1.90. The molecule has 0 amide bonds. The topological polar surface area (TPSA) is 65.5 Å². The van der Waals surface area contributed by atoms with Gasteiger partial charge in [0.25, 0.3) is 0 Å². The first kappa shape index (κ1) is 13.9. The second-order valence-electron chi connectivity index (χ2n) is 4.96. The monoisotopic (exact) mass is 289 g/mol. The summed E-state index contributed by atoms with van der Waals surface area (Å²) in [7, 11) is 3.23. The van der Waals surface area contributed by atoms with Gasteiger partial charge in [-0.1, -0.05) is 0 Å². The van der Waals surface area contributed by atoms with Crippen molar-refractivity contribution in [3.05, 3.63) is 18.5 Å². The Hall–Kier alpha value is -2.08. The van der Waals surface area contributed by atoms with Gasteiger partial charge in [-0.25, -0.2) is 9.97 Å². The largest absolute Gasteiger partial charge is 0.493 e. The van der Waals surface area contributed by atoms with Crippen LogP contribution in [0.4, 0.5) is 5.82 Å². The van der Waals surface area contributed by atoms with E-state index in [2.05, 4.69) is 15.3 Å². The van der Waals surface area contributed by atoms with Crippen LogP contribution in [0, 0.1) is 0 Å². The number of nitrogens with zero attached hydrogens (tertiary/aromatic N) is 2. The molecule has 0 aliphatic carbocycles. The second-order valence-corrected chi connectivity index (χ2v) is 4.96. The number of benzene rings is 1. The molecule has 1 saturated heterocycles. The van der Waals surface area contributed by atoms with Crippen LogP contribution in [-0.2, 0) is 4.74 Å². The molecule has 1 N–H and O–H groups in total. The van der Waals surface area contributed by atoms with Gasteiger partial charge in [0.1, 0.15) is 12.1 Å². The van der Waals surface area contributed by atoms with Crippen molar-refractivity contribution in [3.8, 4) is 11.5 Å². The summed E-state index contributed by atoms with van der Waals surface area (Å²) in [5, 5.41) is 4.26. The molecule has 1 unspecified atom stereocenters. The fourth-order valence-corrected chi connectivity index (χ4v) is 2.54. The third-order valence-electron chi connectivity index (χ3n) is 3.66. The van der Waals surface area contributed by atoms with E-state index in [0.717, 1.165) is 42.7 Å². The molecule has 0 bridgehead atoms.